The van der Waals surface area contributed by atoms with Gasteiger partial charge in [0, 0.05) is 11.0 Å². The maximum atomic E-state index is 14.7. The maximum Gasteiger partial charge on any atom is 0.416 e. The predicted molar refractivity (Wildman–Crippen MR) is 107 cm³/mol. The molecular weight excluding hydrogens is 402 g/mol. The Labute approximate surface area is 172 Å². The van der Waals surface area contributed by atoms with Crippen LogP contribution in [0.2, 0.25) is 0 Å². The number of halogens is 4. The van der Waals surface area contributed by atoms with Crippen LogP contribution in [0.3, 0.4) is 0 Å². The van der Waals surface area contributed by atoms with Gasteiger partial charge in [-0.25, -0.2) is 9.38 Å². The van der Waals surface area contributed by atoms with E-state index in [1.54, 1.807) is 20.8 Å². The van der Waals surface area contributed by atoms with Gasteiger partial charge in [-0.1, -0.05) is 20.8 Å². The van der Waals surface area contributed by atoms with Gasteiger partial charge >= 0.3 is 6.18 Å². The number of amides is 1. The quantitative estimate of drug-likeness (QED) is 0.364. The van der Waals surface area contributed by atoms with Gasteiger partial charge in [-0.05, 0) is 45.0 Å². The molecule has 164 valence electrons. The minimum atomic E-state index is -4.50. The summed E-state index contributed by atoms with van der Waals surface area (Å²) in [6.45, 7) is 10.7. The predicted octanol–water partition coefficient (Wildman–Crippen LogP) is 4.86. The van der Waals surface area contributed by atoms with Gasteiger partial charge in [-0.15, -0.1) is 0 Å². The van der Waals surface area contributed by atoms with Gasteiger partial charge in [0.25, 0.3) is 5.91 Å². The Hall–Kier alpha value is -2.91. The van der Waals surface area contributed by atoms with Gasteiger partial charge in [0.05, 0.1) is 16.8 Å². The second-order valence-corrected chi connectivity index (χ2v) is 8.80. The highest BCUT2D eigenvalue weighted by Gasteiger charge is 2.30. The number of aliphatic imine (C=N–C) groups is 1. The molecule has 1 amide bonds. The van der Waals surface area contributed by atoms with Crippen LogP contribution in [0.25, 0.3) is 0 Å². The number of carbonyl (C=O) groups excluding carboxylic acids is 1. The molecule has 0 radical (unpaired) electrons. The maximum absolute atomic E-state index is 14.7. The van der Waals surface area contributed by atoms with Crippen LogP contribution in [0.5, 0.6) is 0 Å². The highest BCUT2D eigenvalue weighted by atomic mass is 19.4. The van der Waals surface area contributed by atoms with E-state index in [1.807, 2.05) is 20.8 Å². The molecule has 0 fully saturated rings. The number of anilines is 1. The normalized spacial score (nSPS) is 13.3. The molecule has 0 aliphatic rings. The SMILES string of the molecule is CC(C)(C)N=C(NC(=O)c1ccc(C(F)(F)F)cc1)Nc1n[nH]c(C(C)(C)C)c1F. The van der Waals surface area contributed by atoms with Crippen LogP contribution in [0.15, 0.2) is 29.3 Å². The lowest BCUT2D eigenvalue weighted by molar-refractivity contribution is -0.137. The summed E-state index contributed by atoms with van der Waals surface area (Å²) < 4.78 is 52.8. The molecule has 1 aromatic heterocycles. The van der Waals surface area contributed by atoms with Crippen LogP contribution < -0.4 is 10.6 Å². The fourth-order valence-corrected chi connectivity index (χ4v) is 2.43. The molecule has 1 heterocycles. The first-order valence-electron chi connectivity index (χ1n) is 9.18. The average molecular weight is 427 g/mol. The Balaban J connectivity index is 2.28. The second kappa shape index (κ2) is 8.08. The minimum absolute atomic E-state index is 0.00992. The Bertz CT molecular complexity index is 932. The van der Waals surface area contributed by atoms with Crippen molar-refractivity contribution in [3.63, 3.8) is 0 Å². The van der Waals surface area contributed by atoms with E-state index >= 15 is 0 Å². The van der Waals surface area contributed by atoms with Gasteiger partial charge in [0.15, 0.2) is 11.6 Å². The second-order valence-electron chi connectivity index (χ2n) is 8.80. The summed E-state index contributed by atoms with van der Waals surface area (Å²) in [6, 6.07) is 3.73. The number of H-pyrrole nitrogens is 1. The molecule has 2 rings (SSSR count). The fourth-order valence-electron chi connectivity index (χ4n) is 2.43. The van der Waals surface area contributed by atoms with Gasteiger partial charge in [0.1, 0.15) is 0 Å². The Kier molecular flexibility index (Phi) is 6.29. The lowest BCUT2D eigenvalue weighted by atomic mass is 9.92. The summed E-state index contributed by atoms with van der Waals surface area (Å²) in [5, 5.41) is 11.7. The number of nitrogens with zero attached hydrogens (tertiary/aromatic N) is 2. The molecule has 0 aliphatic carbocycles. The van der Waals surface area contributed by atoms with Gasteiger partial charge in [0.2, 0.25) is 5.96 Å². The number of nitrogens with one attached hydrogen (secondary N) is 3. The molecule has 1 aromatic carbocycles. The van der Waals surface area contributed by atoms with Crippen molar-refractivity contribution in [2.24, 2.45) is 4.99 Å². The standard InChI is InChI=1S/C20H25F4N5O/c1-18(2,3)14-13(21)15(29-28-14)25-17(27-19(4,5)6)26-16(30)11-7-9-12(10-8-11)20(22,23)24/h7-10H,1-6H3,(H3,25,26,27,28,29,30). The monoisotopic (exact) mass is 427 g/mol. The van der Waals surface area contributed by atoms with E-state index in [1.165, 1.54) is 0 Å². The molecular formula is C20H25F4N5O. The molecule has 0 saturated carbocycles. The number of benzene rings is 1. The molecule has 6 nitrogen and oxygen atoms in total. The number of rotatable bonds is 2. The smallest absolute Gasteiger partial charge is 0.307 e. The molecule has 10 heteroatoms. The van der Waals surface area contributed by atoms with E-state index in [4.69, 9.17) is 0 Å². The van der Waals surface area contributed by atoms with Crippen molar-refractivity contribution in [2.75, 3.05) is 5.32 Å². The largest absolute Gasteiger partial charge is 0.416 e. The average Bonchev–Trinajstić information content (AvgIpc) is 2.93. The molecule has 30 heavy (non-hydrogen) atoms. The summed E-state index contributed by atoms with van der Waals surface area (Å²) in [5.41, 5.74) is -1.77. The lowest BCUT2D eigenvalue weighted by Crippen LogP contribution is -2.38. The Morgan fingerprint density at radius 1 is 1.03 bits per heavy atom. The fraction of sp³-hybridized carbons (Fsp3) is 0.450. The Morgan fingerprint density at radius 2 is 1.60 bits per heavy atom. The molecule has 3 N–H and O–H groups in total. The van der Waals surface area contributed by atoms with Crippen LogP contribution in [-0.4, -0.2) is 27.6 Å². The number of aromatic nitrogens is 2. The highest BCUT2D eigenvalue weighted by molar-refractivity contribution is 6.09. The van der Waals surface area contributed by atoms with E-state index in [-0.39, 0.29) is 23.0 Å². The first-order valence-corrected chi connectivity index (χ1v) is 9.18. The third-order valence-electron chi connectivity index (χ3n) is 3.85. The zero-order valence-electron chi connectivity index (χ0n) is 17.6. The first-order chi connectivity index (χ1) is 13.6. The molecule has 2 aromatic rings. The van der Waals surface area contributed by atoms with Crippen molar-refractivity contribution in [2.45, 2.75) is 58.7 Å². The lowest BCUT2D eigenvalue weighted by Gasteiger charge is -2.18. The van der Waals surface area contributed by atoms with E-state index in [0.717, 1.165) is 24.3 Å². The number of aromatic amines is 1. The molecule has 0 unspecified atom stereocenters. The van der Waals surface area contributed by atoms with Crippen LogP contribution in [0, 0.1) is 5.82 Å². The molecule has 0 saturated heterocycles. The Morgan fingerprint density at radius 3 is 2.03 bits per heavy atom. The van der Waals surface area contributed by atoms with Crippen molar-refractivity contribution >= 4 is 17.7 Å². The molecule has 0 atom stereocenters. The first kappa shape index (κ1) is 23.4. The van der Waals surface area contributed by atoms with Crippen LogP contribution >= 0.6 is 0 Å². The van der Waals surface area contributed by atoms with Crippen molar-refractivity contribution in [1.29, 1.82) is 0 Å². The molecule has 0 aliphatic heterocycles. The topological polar surface area (TPSA) is 82.2 Å². The third kappa shape index (κ3) is 6.04. The van der Waals surface area contributed by atoms with Gasteiger partial charge in [-0.3, -0.25) is 15.2 Å². The van der Waals surface area contributed by atoms with Crippen LogP contribution in [-0.2, 0) is 11.6 Å². The molecule has 0 bridgehead atoms. The third-order valence-corrected chi connectivity index (χ3v) is 3.85. The summed E-state index contributed by atoms with van der Waals surface area (Å²) in [5.74, 6) is -1.56. The number of hydrogen-bond donors (Lipinski definition) is 3. The number of guanidine groups is 1. The number of carbonyl (C=O) groups is 1. The van der Waals surface area contributed by atoms with Gasteiger partial charge < -0.3 is 5.32 Å². The van der Waals surface area contributed by atoms with Crippen LogP contribution in [0.4, 0.5) is 23.4 Å². The van der Waals surface area contributed by atoms with E-state index in [2.05, 4.69) is 25.8 Å². The summed E-state index contributed by atoms with van der Waals surface area (Å²) >= 11 is 0. The molecule has 0 spiro atoms. The van der Waals surface area contributed by atoms with E-state index < -0.39 is 34.4 Å². The van der Waals surface area contributed by atoms with Crippen LogP contribution in [0.1, 0.15) is 63.2 Å². The highest BCUT2D eigenvalue weighted by Crippen LogP contribution is 2.29. The van der Waals surface area contributed by atoms with Crippen molar-refractivity contribution in [3.8, 4) is 0 Å². The van der Waals surface area contributed by atoms with Crippen molar-refractivity contribution in [3.05, 3.63) is 46.9 Å². The van der Waals surface area contributed by atoms with Crippen molar-refractivity contribution in [1.82, 2.24) is 15.5 Å². The van der Waals surface area contributed by atoms with E-state index in [9.17, 15) is 22.4 Å². The number of hydrogen-bond acceptors (Lipinski definition) is 3. The summed E-state index contributed by atoms with van der Waals surface area (Å²) in [7, 11) is 0. The minimum Gasteiger partial charge on any atom is -0.307 e. The van der Waals surface area contributed by atoms with Crippen molar-refractivity contribution < 1.29 is 22.4 Å². The van der Waals surface area contributed by atoms with E-state index in [0.29, 0.717) is 0 Å². The van der Waals surface area contributed by atoms with Gasteiger partial charge in [-0.2, -0.15) is 18.3 Å². The zero-order valence-corrected chi connectivity index (χ0v) is 17.6. The number of alkyl halides is 3. The summed E-state index contributed by atoms with van der Waals surface area (Å²) in [6.07, 6.45) is -4.50. The summed E-state index contributed by atoms with van der Waals surface area (Å²) in [4.78, 5) is 16.8. The zero-order chi connectivity index (χ0) is 22.9.